The summed E-state index contributed by atoms with van der Waals surface area (Å²) in [5, 5.41) is 13.7. The van der Waals surface area contributed by atoms with Crippen molar-refractivity contribution in [3.63, 3.8) is 0 Å². The van der Waals surface area contributed by atoms with Gasteiger partial charge in [-0.3, -0.25) is 4.90 Å². The fourth-order valence-electron chi connectivity index (χ4n) is 3.49. The summed E-state index contributed by atoms with van der Waals surface area (Å²) in [7, 11) is 0. The molecule has 2 aromatic rings. The summed E-state index contributed by atoms with van der Waals surface area (Å²) >= 11 is 0. The molecule has 0 aliphatic carbocycles. The van der Waals surface area contributed by atoms with Crippen molar-refractivity contribution in [1.29, 1.82) is 0 Å². The maximum absolute atomic E-state index is 10.5. The molecule has 0 radical (unpaired) electrons. The summed E-state index contributed by atoms with van der Waals surface area (Å²) in [5.41, 5.74) is 1.40. The predicted molar refractivity (Wildman–Crippen MR) is 92.6 cm³/mol. The van der Waals surface area contributed by atoms with E-state index in [1.54, 1.807) is 0 Å². The molecule has 2 N–H and O–H groups in total. The summed E-state index contributed by atoms with van der Waals surface area (Å²) < 4.78 is 0. The number of carbonyl (C=O) groups is 1. The van der Waals surface area contributed by atoms with Crippen LogP contribution in [-0.2, 0) is 6.54 Å². The number of amides is 1. The van der Waals surface area contributed by atoms with Crippen LogP contribution >= 0.6 is 0 Å². The van der Waals surface area contributed by atoms with Crippen molar-refractivity contribution >= 4 is 16.9 Å². The SMILES string of the molecule is O=C(O)NCCC1CCN(Cc2cccc3ccccc23)CC1. The van der Waals surface area contributed by atoms with Gasteiger partial charge in [0.1, 0.15) is 0 Å². The van der Waals surface area contributed by atoms with Crippen molar-refractivity contribution in [2.75, 3.05) is 19.6 Å². The average molecular weight is 312 g/mol. The van der Waals surface area contributed by atoms with Crippen LogP contribution in [-0.4, -0.2) is 35.7 Å². The van der Waals surface area contributed by atoms with E-state index in [1.165, 1.54) is 16.3 Å². The third kappa shape index (κ3) is 4.23. The van der Waals surface area contributed by atoms with Gasteiger partial charge in [0.05, 0.1) is 0 Å². The maximum Gasteiger partial charge on any atom is 0.404 e. The molecule has 0 aromatic heterocycles. The van der Waals surface area contributed by atoms with Gasteiger partial charge in [-0.25, -0.2) is 4.79 Å². The van der Waals surface area contributed by atoms with E-state index < -0.39 is 6.09 Å². The highest BCUT2D eigenvalue weighted by atomic mass is 16.4. The minimum Gasteiger partial charge on any atom is -0.465 e. The summed E-state index contributed by atoms with van der Waals surface area (Å²) in [6.07, 6.45) is 2.35. The van der Waals surface area contributed by atoms with Gasteiger partial charge in [-0.2, -0.15) is 0 Å². The van der Waals surface area contributed by atoms with E-state index >= 15 is 0 Å². The lowest BCUT2D eigenvalue weighted by Gasteiger charge is -2.32. The molecule has 1 aliphatic rings. The van der Waals surface area contributed by atoms with Gasteiger partial charge in [0, 0.05) is 13.1 Å². The number of hydrogen-bond acceptors (Lipinski definition) is 2. The summed E-state index contributed by atoms with van der Waals surface area (Å²) in [6, 6.07) is 15.1. The monoisotopic (exact) mass is 312 g/mol. The highest BCUT2D eigenvalue weighted by Gasteiger charge is 2.19. The Kier molecular flexibility index (Phi) is 5.13. The molecule has 0 spiro atoms. The van der Waals surface area contributed by atoms with Crippen molar-refractivity contribution in [2.24, 2.45) is 5.92 Å². The molecule has 122 valence electrons. The first-order valence-corrected chi connectivity index (χ1v) is 8.38. The van der Waals surface area contributed by atoms with Gasteiger partial charge in [0.2, 0.25) is 0 Å². The first-order chi connectivity index (χ1) is 11.2. The molecule has 0 bridgehead atoms. The summed E-state index contributed by atoms with van der Waals surface area (Å²) in [6.45, 7) is 3.77. The van der Waals surface area contributed by atoms with Gasteiger partial charge in [0.15, 0.2) is 0 Å². The quantitative estimate of drug-likeness (QED) is 0.885. The van der Waals surface area contributed by atoms with Gasteiger partial charge >= 0.3 is 6.09 Å². The van der Waals surface area contributed by atoms with Crippen LogP contribution < -0.4 is 5.32 Å². The molecule has 1 amide bonds. The van der Waals surface area contributed by atoms with E-state index in [1.807, 2.05) is 0 Å². The van der Waals surface area contributed by atoms with Crippen LogP contribution in [0.1, 0.15) is 24.8 Å². The number of nitrogens with one attached hydrogen (secondary N) is 1. The van der Waals surface area contributed by atoms with E-state index in [9.17, 15) is 4.79 Å². The first kappa shape index (κ1) is 15.8. The van der Waals surface area contributed by atoms with Crippen LogP contribution in [0.25, 0.3) is 10.8 Å². The largest absolute Gasteiger partial charge is 0.465 e. The van der Waals surface area contributed by atoms with E-state index in [0.29, 0.717) is 12.5 Å². The molecule has 2 aromatic carbocycles. The smallest absolute Gasteiger partial charge is 0.404 e. The number of piperidine rings is 1. The lowest BCUT2D eigenvalue weighted by Crippen LogP contribution is -2.34. The van der Waals surface area contributed by atoms with Crippen molar-refractivity contribution < 1.29 is 9.90 Å². The van der Waals surface area contributed by atoms with Crippen LogP contribution in [0, 0.1) is 5.92 Å². The second-order valence-corrected chi connectivity index (χ2v) is 6.38. The molecule has 23 heavy (non-hydrogen) atoms. The number of benzene rings is 2. The van der Waals surface area contributed by atoms with Crippen molar-refractivity contribution in [3.05, 3.63) is 48.0 Å². The Hall–Kier alpha value is -2.07. The van der Waals surface area contributed by atoms with Gasteiger partial charge in [-0.15, -0.1) is 0 Å². The molecule has 0 unspecified atom stereocenters. The summed E-state index contributed by atoms with van der Waals surface area (Å²) in [4.78, 5) is 13.0. The second-order valence-electron chi connectivity index (χ2n) is 6.38. The third-order valence-electron chi connectivity index (χ3n) is 4.81. The number of carboxylic acid groups (broad SMARTS) is 1. The Morgan fingerprint density at radius 2 is 1.87 bits per heavy atom. The molecule has 4 nitrogen and oxygen atoms in total. The molecule has 1 saturated heterocycles. The molecule has 1 heterocycles. The minimum atomic E-state index is -0.918. The zero-order chi connectivity index (χ0) is 16.1. The maximum atomic E-state index is 10.5. The first-order valence-electron chi connectivity index (χ1n) is 8.38. The third-order valence-corrected chi connectivity index (χ3v) is 4.81. The van der Waals surface area contributed by atoms with E-state index in [-0.39, 0.29) is 0 Å². The Morgan fingerprint density at radius 1 is 1.13 bits per heavy atom. The van der Waals surface area contributed by atoms with Crippen molar-refractivity contribution in [2.45, 2.75) is 25.8 Å². The molecule has 0 saturated carbocycles. The fourth-order valence-corrected chi connectivity index (χ4v) is 3.49. The van der Waals surface area contributed by atoms with Gasteiger partial charge in [-0.05, 0) is 54.6 Å². The van der Waals surface area contributed by atoms with Crippen molar-refractivity contribution in [3.8, 4) is 0 Å². The van der Waals surface area contributed by atoms with Crippen molar-refractivity contribution in [1.82, 2.24) is 10.2 Å². The number of hydrogen-bond donors (Lipinski definition) is 2. The molecular weight excluding hydrogens is 288 g/mol. The average Bonchev–Trinajstić information content (AvgIpc) is 2.56. The Balaban J connectivity index is 1.53. The summed E-state index contributed by atoms with van der Waals surface area (Å²) in [5.74, 6) is 0.644. The zero-order valence-electron chi connectivity index (χ0n) is 13.4. The number of fused-ring (bicyclic) bond motifs is 1. The van der Waals surface area contributed by atoms with Crippen LogP contribution in [0.5, 0.6) is 0 Å². The molecule has 1 fully saturated rings. The standard InChI is InChI=1S/C19H24N2O2/c22-19(23)20-11-8-15-9-12-21(13-10-15)14-17-6-3-5-16-4-1-2-7-18(16)17/h1-7,15,20H,8-14H2,(H,22,23). The number of rotatable bonds is 5. The van der Waals surface area contributed by atoms with Crippen LogP contribution in [0.15, 0.2) is 42.5 Å². The number of nitrogens with zero attached hydrogens (tertiary/aromatic N) is 1. The second kappa shape index (κ2) is 7.47. The zero-order valence-corrected chi connectivity index (χ0v) is 13.4. The normalized spacial score (nSPS) is 16.5. The van der Waals surface area contributed by atoms with Crippen LogP contribution in [0.4, 0.5) is 4.79 Å². The molecule has 1 aliphatic heterocycles. The molecule has 3 rings (SSSR count). The van der Waals surface area contributed by atoms with E-state index in [2.05, 4.69) is 52.7 Å². The molecular formula is C19H24N2O2. The Labute approximate surface area is 137 Å². The van der Waals surface area contributed by atoms with E-state index in [4.69, 9.17) is 5.11 Å². The van der Waals surface area contributed by atoms with Crippen LogP contribution in [0.2, 0.25) is 0 Å². The molecule has 4 heteroatoms. The van der Waals surface area contributed by atoms with Gasteiger partial charge in [0.25, 0.3) is 0 Å². The molecule has 0 atom stereocenters. The predicted octanol–water partition coefficient (Wildman–Crippen LogP) is 3.71. The topological polar surface area (TPSA) is 52.6 Å². The van der Waals surface area contributed by atoms with Gasteiger partial charge < -0.3 is 10.4 Å². The fraction of sp³-hybridized carbons (Fsp3) is 0.421. The highest BCUT2D eigenvalue weighted by molar-refractivity contribution is 5.85. The Morgan fingerprint density at radius 3 is 2.65 bits per heavy atom. The Bertz CT molecular complexity index is 658. The minimum absolute atomic E-state index is 0.573. The lowest BCUT2D eigenvalue weighted by molar-refractivity contribution is 0.169. The highest BCUT2D eigenvalue weighted by Crippen LogP contribution is 2.24. The van der Waals surface area contributed by atoms with Gasteiger partial charge in [-0.1, -0.05) is 42.5 Å². The van der Waals surface area contributed by atoms with Crippen LogP contribution in [0.3, 0.4) is 0 Å². The number of likely N-dealkylation sites (tertiary alicyclic amines) is 1. The van der Waals surface area contributed by atoms with E-state index in [0.717, 1.165) is 38.9 Å². The lowest BCUT2D eigenvalue weighted by atomic mass is 9.93.